The summed E-state index contributed by atoms with van der Waals surface area (Å²) in [6.07, 6.45) is 4.12. The molecule has 2 aliphatic rings. The molecule has 2 fully saturated rings. The zero-order valence-electron chi connectivity index (χ0n) is 11.4. The second-order valence-electron chi connectivity index (χ2n) is 6.00. The van der Waals surface area contributed by atoms with Gasteiger partial charge in [-0.25, -0.2) is 0 Å². The van der Waals surface area contributed by atoms with E-state index in [2.05, 4.69) is 6.92 Å². The van der Waals surface area contributed by atoms with Gasteiger partial charge in [0.15, 0.2) is 0 Å². The number of amides is 2. The first-order valence-electron chi connectivity index (χ1n) is 7.01. The molecule has 2 amide bonds. The van der Waals surface area contributed by atoms with Gasteiger partial charge in [0.25, 0.3) is 0 Å². The molecular formula is C14H21NO4. The van der Waals surface area contributed by atoms with E-state index in [0.717, 1.165) is 12.8 Å². The molecule has 1 saturated carbocycles. The summed E-state index contributed by atoms with van der Waals surface area (Å²) in [5, 5.41) is 9.53. The highest BCUT2D eigenvalue weighted by atomic mass is 16.4. The van der Waals surface area contributed by atoms with Crippen LogP contribution in [0.15, 0.2) is 0 Å². The number of aliphatic carboxylic acids is 1. The number of rotatable bonds is 3. The summed E-state index contributed by atoms with van der Waals surface area (Å²) < 4.78 is 0. The third-order valence-electron chi connectivity index (χ3n) is 4.53. The summed E-state index contributed by atoms with van der Waals surface area (Å²) in [4.78, 5) is 36.4. The first kappa shape index (κ1) is 14.0. The molecule has 1 saturated heterocycles. The zero-order chi connectivity index (χ0) is 14.0. The minimum atomic E-state index is -0.921. The van der Waals surface area contributed by atoms with Crippen LogP contribution in [0.2, 0.25) is 0 Å². The van der Waals surface area contributed by atoms with E-state index in [-0.39, 0.29) is 18.4 Å². The van der Waals surface area contributed by atoms with Crippen LogP contribution in [0.4, 0.5) is 0 Å². The highest BCUT2D eigenvalue weighted by Crippen LogP contribution is 2.40. The third-order valence-corrected chi connectivity index (χ3v) is 4.53. The smallest absolute Gasteiger partial charge is 0.311 e. The van der Waals surface area contributed by atoms with Crippen LogP contribution in [0.5, 0.6) is 0 Å². The minimum Gasteiger partial charge on any atom is -0.481 e. The molecule has 0 unspecified atom stereocenters. The Hall–Kier alpha value is -1.39. The Labute approximate surface area is 113 Å². The molecule has 0 aromatic carbocycles. The Bertz CT molecular complexity index is 380. The predicted molar refractivity (Wildman–Crippen MR) is 68.3 cm³/mol. The number of carboxylic acid groups (broad SMARTS) is 1. The van der Waals surface area contributed by atoms with Gasteiger partial charge in [0.2, 0.25) is 11.8 Å². The normalized spacial score (nSPS) is 32.5. The predicted octanol–water partition coefficient (Wildman–Crippen LogP) is 1.81. The molecule has 5 nitrogen and oxygen atoms in total. The number of nitrogens with zero attached hydrogens (tertiary/aromatic N) is 1. The van der Waals surface area contributed by atoms with Crippen molar-refractivity contribution in [3.63, 3.8) is 0 Å². The quantitative estimate of drug-likeness (QED) is 0.791. The van der Waals surface area contributed by atoms with Gasteiger partial charge in [0.05, 0.1) is 5.41 Å². The summed E-state index contributed by atoms with van der Waals surface area (Å²) >= 11 is 0. The van der Waals surface area contributed by atoms with Crippen LogP contribution in [0, 0.1) is 11.3 Å². The van der Waals surface area contributed by atoms with E-state index >= 15 is 0 Å². The van der Waals surface area contributed by atoms with Crippen molar-refractivity contribution in [1.82, 2.24) is 4.90 Å². The Morgan fingerprint density at radius 3 is 2.26 bits per heavy atom. The molecule has 0 spiro atoms. The lowest BCUT2D eigenvalue weighted by Gasteiger charge is -2.39. The average Bonchev–Trinajstić information content (AvgIpc) is 2.36. The molecule has 0 atom stereocenters. The van der Waals surface area contributed by atoms with Crippen LogP contribution >= 0.6 is 0 Å². The van der Waals surface area contributed by atoms with Crippen molar-refractivity contribution >= 4 is 17.8 Å². The van der Waals surface area contributed by atoms with Crippen LogP contribution < -0.4 is 0 Å². The van der Waals surface area contributed by atoms with Gasteiger partial charge in [-0.1, -0.05) is 6.92 Å². The van der Waals surface area contributed by atoms with E-state index in [0.29, 0.717) is 38.0 Å². The molecule has 1 heterocycles. The maximum Gasteiger partial charge on any atom is 0.311 e. The molecular weight excluding hydrogens is 246 g/mol. The van der Waals surface area contributed by atoms with Crippen molar-refractivity contribution < 1.29 is 19.5 Å². The average molecular weight is 267 g/mol. The van der Waals surface area contributed by atoms with Gasteiger partial charge in [-0.05, 0) is 38.0 Å². The van der Waals surface area contributed by atoms with Gasteiger partial charge in [-0.3, -0.25) is 19.3 Å². The lowest BCUT2D eigenvalue weighted by Crippen LogP contribution is -2.50. The van der Waals surface area contributed by atoms with Gasteiger partial charge in [-0.15, -0.1) is 0 Å². The number of piperidine rings is 1. The molecule has 0 aromatic rings. The van der Waals surface area contributed by atoms with Crippen molar-refractivity contribution in [2.75, 3.05) is 6.54 Å². The summed E-state index contributed by atoms with van der Waals surface area (Å²) in [5.74, 6) is -0.767. The van der Waals surface area contributed by atoms with Crippen molar-refractivity contribution in [3.05, 3.63) is 0 Å². The Morgan fingerprint density at radius 1 is 1.26 bits per heavy atom. The van der Waals surface area contributed by atoms with Crippen LogP contribution in [0.3, 0.4) is 0 Å². The van der Waals surface area contributed by atoms with Gasteiger partial charge < -0.3 is 5.11 Å². The fraction of sp³-hybridized carbons (Fsp3) is 0.786. The number of carbonyl (C=O) groups is 3. The summed E-state index contributed by atoms with van der Waals surface area (Å²) in [5.41, 5.74) is -0.921. The molecule has 1 aliphatic heterocycles. The number of hydrogen-bond acceptors (Lipinski definition) is 3. The maximum absolute atomic E-state index is 11.8. The first-order valence-corrected chi connectivity index (χ1v) is 7.01. The van der Waals surface area contributed by atoms with Crippen LogP contribution in [-0.4, -0.2) is 34.3 Å². The van der Waals surface area contributed by atoms with Gasteiger partial charge in [-0.2, -0.15) is 0 Å². The topological polar surface area (TPSA) is 74.7 Å². The molecule has 106 valence electrons. The molecule has 2 rings (SSSR count). The summed E-state index contributed by atoms with van der Waals surface area (Å²) in [6, 6.07) is 0. The molecule has 0 bridgehead atoms. The fourth-order valence-electron chi connectivity index (χ4n) is 3.03. The molecule has 1 N–H and O–H groups in total. The van der Waals surface area contributed by atoms with E-state index in [1.165, 1.54) is 4.90 Å². The van der Waals surface area contributed by atoms with Crippen LogP contribution in [-0.2, 0) is 14.4 Å². The number of carbonyl (C=O) groups excluding carboxylic acids is 2. The second-order valence-corrected chi connectivity index (χ2v) is 6.00. The number of carboxylic acids is 1. The molecule has 0 radical (unpaired) electrons. The molecule has 19 heavy (non-hydrogen) atoms. The van der Waals surface area contributed by atoms with E-state index in [1.54, 1.807) is 0 Å². The van der Waals surface area contributed by atoms with E-state index < -0.39 is 11.4 Å². The monoisotopic (exact) mass is 267 g/mol. The Balaban J connectivity index is 2.14. The van der Waals surface area contributed by atoms with Gasteiger partial charge >= 0.3 is 5.97 Å². The molecule has 0 aromatic heterocycles. The largest absolute Gasteiger partial charge is 0.481 e. The Morgan fingerprint density at radius 2 is 1.79 bits per heavy atom. The first-order chi connectivity index (χ1) is 8.94. The lowest BCUT2D eigenvalue weighted by molar-refractivity contribution is -0.159. The standard InChI is InChI=1S/C14H21NO4/c1-10-5-7-14(8-6-10,13(18)19)9-15-11(16)3-2-4-12(15)17/h10H,2-9H2,1H3,(H,18,19). The SMILES string of the molecule is CC1CCC(CN2C(=O)CCCC2=O)(C(=O)O)CC1. The van der Waals surface area contributed by atoms with Crippen molar-refractivity contribution in [2.45, 2.75) is 51.9 Å². The van der Waals surface area contributed by atoms with Crippen LogP contribution in [0.25, 0.3) is 0 Å². The number of imide groups is 1. The highest BCUT2D eigenvalue weighted by molar-refractivity contribution is 5.98. The van der Waals surface area contributed by atoms with Gasteiger partial charge in [0, 0.05) is 19.4 Å². The highest BCUT2D eigenvalue weighted by Gasteiger charge is 2.45. The third kappa shape index (κ3) is 2.80. The van der Waals surface area contributed by atoms with Crippen molar-refractivity contribution in [2.24, 2.45) is 11.3 Å². The van der Waals surface area contributed by atoms with E-state index in [1.807, 2.05) is 0 Å². The summed E-state index contributed by atoms with van der Waals surface area (Å²) in [6.45, 7) is 2.18. The fourth-order valence-corrected chi connectivity index (χ4v) is 3.03. The zero-order valence-corrected chi connectivity index (χ0v) is 11.4. The minimum absolute atomic E-state index is 0.0622. The van der Waals surface area contributed by atoms with Crippen LogP contribution in [0.1, 0.15) is 51.9 Å². The van der Waals surface area contributed by atoms with E-state index in [9.17, 15) is 19.5 Å². The maximum atomic E-state index is 11.8. The lowest BCUT2D eigenvalue weighted by atomic mass is 9.70. The number of likely N-dealkylation sites (tertiary alicyclic amines) is 1. The Kier molecular flexibility index (Phi) is 3.92. The van der Waals surface area contributed by atoms with Crippen molar-refractivity contribution in [3.8, 4) is 0 Å². The van der Waals surface area contributed by atoms with E-state index in [4.69, 9.17) is 0 Å². The molecule has 5 heteroatoms. The van der Waals surface area contributed by atoms with Crippen molar-refractivity contribution in [1.29, 1.82) is 0 Å². The molecule has 1 aliphatic carbocycles. The summed E-state index contributed by atoms with van der Waals surface area (Å²) in [7, 11) is 0. The second kappa shape index (κ2) is 5.31. The number of hydrogen-bond donors (Lipinski definition) is 1. The van der Waals surface area contributed by atoms with Gasteiger partial charge in [0.1, 0.15) is 0 Å².